The molecule has 0 aromatic carbocycles. The van der Waals surface area contributed by atoms with Crippen molar-refractivity contribution in [3.63, 3.8) is 0 Å². The number of furan rings is 1. The summed E-state index contributed by atoms with van der Waals surface area (Å²) < 4.78 is 5.02. The van der Waals surface area contributed by atoms with E-state index in [2.05, 4.69) is 6.92 Å². The maximum absolute atomic E-state index is 5.61. The van der Waals surface area contributed by atoms with Crippen LogP contribution < -0.4 is 5.73 Å². The van der Waals surface area contributed by atoms with Crippen LogP contribution in [-0.2, 0) is 6.42 Å². The third-order valence-electron chi connectivity index (χ3n) is 2.33. The summed E-state index contributed by atoms with van der Waals surface area (Å²) in [4.78, 5) is 0. The highest BCUT2D eigenvalue weighted by molar-refractivity contribution is 5.35. The number of hydrogen-bond acceptors (Lipinski definition) is 2. The van der Waals surface area contributed by atoms with E-state index in [0.717, 1.165) is 12.0 Å². The van der Waals surface area contributed by atoms with Crippen molar-refractivity contribution in [2.45, 2.75) is 45.4 Å². The second-order valence-electron chi connectivity index (χ2n) is 3.47. The predicted molar refractivity (Wildman–Crippen MR) is 55.6 cm³/mol. The van der Waals surface area contributed by atoms with Gasteiger partial charge in [0.2, 0.25) is 0 Å². The Bertz CT molecular complexity index is 230. The Labute approximate surface area is 80.1 Å². The lowest BCUT2D eigenvalue weighted by molar-refractivity contribution is 0.581. The molecule has 2 nitrogen and oxygen atoms in total. The summed E-state index contributed by atoms with van der Waals surface area (Å²) >= 11 is 0. The molecule has 1 aromatic heterocycles. The molecule has 0 atom stereocenters. The molecule has 0 aliphatic heterocycles. The van der Waals surface area contributed by atoms with Crippen molar-refractivity contribution < 1.29 is 4.42 Å². The second-order valence-corrected chi connectivity index (χ2v) is 3.47. The predicted octanol–water partition coefficient (Wildman–Crippen LogP) is 3.37. The van der Waals surface area contributed by atoms with Crippen LogP contribution in [0.2, 0.25) is 0 Å². The molecule has 0 bridgehead atoms. The number of rotatable bonds is 6. The van der Waals surface area contributed by atoms with Crippen LogP contribution in [-0.4, -0.2) is 0 Å². The highest BCUT2D eigenvalue weighted by atomic mass is 16.3. The highest BCUT2D eigenvalue weighted by Crippen LogP contribution is 2.16. The normalized spacial score (nSPS) is 10.5. The lowest BCUT2D eigenvalue weighted by Crippen LogP contribution is -1.89. The maximum Gasteiger partial charge on any atom is 0.193 e. The molecule has 0 aliphatic rings. The Kier molecular flexibility index (Phi) is 4.44. The minimum absolute atomic E-state index is 0.593. The number of aryl methyl sites for hydroxylation is 1. The van der Waals surface area contributed by atoms with E-state index in [9.17, 15) is 0 Å². The van der Waals surface area contributed by atoms with E-state index in [1.165, 1.54) is 32.1 Å². The molecule has 1 heterocycles. The topological polar surface area (TPSA) is 39.2 Å². The van der Waals surface area contributed by atoms with Gasteiger partial charge in [-0.05, 0) is 18.9 Å². The van der Waals surface area contributed by atoms with Gasteiger partial charge in [-0.2, -0.15) is 0 Å². The van der Waals surface area contributed by atoms with E-state index >= 15 is 0 Å². The van der Waals surface area contributed by atoms with Gasteiger partial charge in [-0.1, -0.05) is 32.6 Å². The van der Waals surface area contributed by atoms with Gasteiger partial charge in [0.1, 0.15) is 0 Å². The fourth-order valence-electron chi connectivity index (χ4n) is 1.47. The largest absolute Gasteiger partial charge is 0.449 e. The molecule has 0 fully saturated rings. The van der Waals surface area contributed by atoms with Crippen LogP contribution in [0.1, 0.15) is 44.6 Å². The van der Waals surface area contributed by atoms with Gasteiger partial charge in [-0.15, -0.1) is 0 Å². The van der Waals surface area contributed by atoms with Gasteiger partial charge in [0, 0.05) is 5.56 Å². The van der Waals surface area contributed by atoms with Gasteiger partial charge in [-0.3, -0.25) is 0 Å². The van der Waals surface area contributed by atoms with Crippen LogP contribution in [0.25, 0.3) is 0 Å². The zero-order valence-corrected chi connectivity index (χ0v) is 8.38. The van der Waals surface area contributed by atoms with E-state index in [4.69, 9.17) is 10.2 Å². The van der Waals surface area contributed by atoms with Crippen LogP contribution in [0.3, 0.4) is 0 Å². The number of anilines is 1. The molecule has 0 saturated heterocycles. The third kappa shape index (κ3) is 3.53. The lowest BCUT2D eigenvalue weighted by atomic mass is 10.1. The van der Waals surface area contributed by atoms with E-state index in [-0.39, 0.29) is 0 Å². The first-order valence-electron chi connectivity index (χ1n) is 5.16. The molecule has 2 heteroatoms. The molecule has 0 unspecified atom stereocenters. The van der Waals surface area contributed by atoms with E-state index in [0.29, 0.717) is 5.88 Å². The molecule has 1 rings (SSSR count). The number of nitrogens with two attached hydrogens (primary N) is 1. The summed E-state index contributed by atoms with van der Waals surface area (Å²) in [6.45, 7) is 2.23. The molecule has 74 valence electrons. The van der Waals surface area contributed by atoms with Crippen molar-refractivity contribution in [1.29, 1.82) is 0 Å². The summed E-state index contributed by atoms with van der Waals surface area (Å²) in [6.07, 6.45) is 9.24. The van der Waals surface area contributed by atoms with Gasteiger partial charge in [0.25, 0.3) is 0 Å². The average Bonchev–Trinajstić information content (AvgIpc) is 2.52. The van der Waals surface area contributed by atoms with Crippen molar-refractivity contribution in [2.75, 3.05) is 5.73 Å². The van der Waals surface area contributed by atoms with Gasteiger partial charge >= 0.3 is 0 Å². The monoisotopic (exact) mass is 181 g/mol. The van der Waals surface area contributed by atoms with E-state index < -0.39 is 0 Å². The zero-order chi connectivity index (χ0) is 9.52. The van der Waals surface area contributed by atoms with Crippen LogP contribution in [0.5, 0.6) is 0 Å². The first-order valence-corrected chi connectivity index (χ1v) is 5.16. The number of unbranched alkanes of at least 4 members (excludes halogenated alkanes) is 4. The van der Waals surface area contributed by atoms with Gasteiger partial charge in [0.15, 0.2) is 5.88 Å². The van der Waals surface area contributed by atoms with Crippen LogP contribution in [0.15, 0.2) is 16.7 Å². The van der Waals surface area contributed by atoms with Crippen LogP contribution in [0.4, 0.5) is 5.88 Å². The summed E-state index contributed by atoms with van der Waals surface area (Å²) in [7, 11) is 0. The van der Waals surface area contributed by atoms with Crippen molar-refractivity contribution in [3.8, 4) is 0 Å². The SMILES string of the molecule is CCCCCCCc1ccoc1N. The highest BCUT2D eigenvalue weighted by Gasteiger charge is 2.00. The summed E-state index contributed by atoms with van der Waals surface area (Å²) in [5.41, 5.74) is 6.78. The standard InChI is InChI=1S/C11H19NO/c1-2-3-4-5-6-7-10-8-9-13-11(10)12/h8-9H,2-7,12H2,1H3. The van der Waals surface area contributed by atoms with E-state index in [1.807, 2.05) is 6.07 Å². The third-order valence-corrected chi connectivity index (χ3v) is 2.33. The maximum atomic E-state index is 5.61. The molecule has 0 amide bonds. The zero-order valence-electron chi connectivity index (χ0n) is 8.38. The Balaban J connectivity index is 2.10. The van der Waals surface area contributed by atoms with Gasteiger partial charge in [-0.25, -0.2) is 0 Å². The fraction of sp³-hybridized carbons (Fsp3) is 0.636. The minimum atomic E-state index is 0.593. The average molecular weight is 181 g/mol. The van der Waals surface area contributed by atoms with Crippen LogP contribution >= 0.6 is 0 Å². The molecule has 0 saturated carbocycles. The number of hydrogen-bond donors (Lipinski definition) is 1. The van der Waals surface area contributed by atoms with Crippen molar-refractivity contribution in [3.05, 3.63) is 17.9 Å². The first-order chi connectivity index (χ1) is 6.34. The van der Waals surface area contributed by atoms with Gasteiger partial charge in [0.05, 0.1) is 6.26 Å². The fourth-order valence-corrected chi connectivity index (χ4v) is 1.47. The molecule has 1 aromatic rings. The van der Waals surface area contributed by atoms with Crippen molar-refractivity contribution in [2.24, 2.45) is 0 Å². The molecule has 13 heavy (non-hydrogen) atoms. The van der Waals surface area contributed by atoms with E-state index in [1.54, 1.807) is 6.26 Å². The summed E-state index contributed by atoms with van der Waals surface area (Å²) in [5.74, 6) is 0.593. The van der Waals surface area contributed by atoms with Crippen LogP contribution in [0, 0.1) is 0 Å². The van der Waals surface area contributed by atoms with Crippen molar-refractivity contribution >= 4 is 5.88 Å². The molecule has 2 N–H and O–H groups in total. The second kappa shape index (κ2) is 5.68. The Hall–Kier alpha value is -0.920. The summed E-state index contributed by atoms with van der Waals surface area (Å²) in [6, 6.07) is 1.97. The first kappa shape index (κ1) is 10.2. The molecular weight excluding hydrogens is 162 g/mol. The summed E-state index contributed by atoms with van der Waals surface area (Å²) in [5, 5.41) is 0. The lowest BCUT2D eigenvalue weighted by Gasteiger charge is -1.99. The Morgan fingerprint density at radius 3 is 2.62 bits per heavy atom. The quantitative estimate of drug-likeness (QED) is 0.683. The van der Waals surface area contributed by atoms with Crippen molar-refractivity contribution in [1.82, 2.24) is 0 Å². The minimum Gasteiger partial charge on any atom is -0.449 e. The van der Waals surface area contributed by atoms with Gasteiger partial charge < -0.3 is 10.2 Å². The Morgan fingerprint density at radius 1 is 1.23 bits per heavy atom. The molecule has 0 aliphatic carbocycles. The molecule has 0 radical (unpaired) electrons. The Morgan fingerprint density at radius 2 is 2.00 bits per heavy atom. The molecular formula is C11H19NO. The molecule has 0 spiro atoms. The smallest absolute Gasteiger partial charge is 0.193 e. The number of nitrogen functional groups attached to an aromatic ring is 1.